The number of para-hydroxylation sites is 3. The van der Waals surface area contributed by atoms with Gasteiger partial charge in [0.2, 0.25) is 0 Å². The van der Waals surface area contributed by atoms with Crippen molar-refractivity contribution in [2.75, 3.05) is 9.80 Å². The van der Waals surface area contributed by atoms with Gasteiger partial charge in [-0.25, -0.2) is 0 Å². The first-order valence-electron chi connectivity index (χ1n) is 18.5. The van der Waals surface area contributed by atoms with Crippen molar-refractivity contribution in [3.63, 3.8) is 0 Å². The van der Waals surface area contributed by atoms with Crippen molar-refractivity contribution in [2.45, 2.75) is 0 Å². The molecule has 0 aliphatic rings. The zero-order valence-electron chi connectivity index (χ0n) is 30.0. The Morgan fingerprint density at radius 3 is 1.69 bits per heavy atom. The smallest absolute Gasteiger partial charge is 0.161 e. The molecule has 0 saturated carbocycles. The van der Waals surface area contributed by atoms with Gasteiger partial charge in [-0.05, 0) is 94.9 Å². The highest BCUT2D eigenvalue weighted by Crippen LogP contribution is 2.52. The van der Waals surface area contributed by atoms with Crippen LogP contribution in [0.3, 0.4) is 0 Å². The van der Waals surface area contributed by atoms with E-state index in [0.29, 0.717) is 0 Å². The molecule has 0 spiro atoms. The first-order valence-corrected chi connectivity index (χ1v) is 18.5. The van der Waals surface area contributed by atoms with Crippen LogP contribution < -0.4 is 9.80 Å². The molecule has 10 aromatic rings. The van der Waals surface area contributed by atoms with E-state index in [9.17, 15) is 0 Å². The third-order valence-corrected chi connectivity index (χ3v) is 10.3. The lowest BCUT2D eigenvalue weighted by Gasteiger charge is -2.34. The SMILES string of the molecule is c1ccc(-c2ccc(N(c3ccccc3)c3c(N(c4ccccc4)c4ccccc4-c4ccccc4)ccc4c3oc3cc5ccncc5cc34)cc2)cc1. The second-order valence-electron chi connectivity index (χ2n) is 13.6. The number of aromatic nitrogens is 1. The van der Waals surface area contributed by atoms with Gasteiger partial charge in [0.1, 0.15) is 11.3 Å². The third-order valence-electron chi connectivity index (χ3n) is 10.3. The molecular formula is C51H35N3O. The Balaban J connectivity index is 1.30. The van der Waals surface area contributed by atoms with Crippen LogP contribution in [0.4, 0.5) is 34.1 Å². The summed E-state index contributed by atoms with van der Waals surface area (Å²) in [6.07, 6.45) is 3.75. The van der Waals surface area contributed by atoms with Gasteiger partial charge in [-0.15, -0.1) is 0 Å². The van der Waals surface area contributed by atoms with Crippen molar-refractivity contribution >= 4 is 66.8 Å². The molecule has 10 rings (SSSR count). The Bertz CT molecular complexity index is 2910. The van der Waals surface area contributed by atoms with Crippen LogP contribution in [-0.2, 0) is 0 Å². The summed E-state index contributed by atoms with van der Waals surface area (Å²) in [7, 11) is 0. The van der Waals surface area contributed by atoms with Crippen molar-refractivity contribution in [2.24, 2.45) is 0 Å². The normalized spacial score (nSPS) is 11.3. The molecule has 0 fully saturated rings. The number of anilines is 6. The number of furan rings is 1. The van der Waals surface area contributed by atoms with Gasteiger partial charge in [0, 0.05) is 51.2 Å². The van der Waals surface area contributed by atoms with E-state index >= 15 is 0 Å². The van der Waals surface area contributed by atoms with Crippen molar-refractivity contribution in [1.82, 2.24) is 4.98 Å². The molecule has 0 unspecified atom stereocenters. The lowest BCUT2D eigenvalue weighted by molar-refractivity contribution is 0.669. The summed E-state index contributed by atoms with van der Waals surface area (Å²) in [5.74, 6) is 0. The average molecular weight is 706 g/mol. The van der Waals surface area contributed by atoms with Crippen LogP contribution >= 0.6 is 0 Å². The van der Waals surface area contributed by atoms with Crippen LogP contribution in [0.2, 0.25) is 0 Å². The summed E-state index contributed by atoms with van der Waals surface area (Å²) < 4.78 is 7.10. The zero-order valence-corrected chi connectivity index (χ0v) is 30.0. The number of benzene rings is 8. The minimum Gasteiger partial charge on any atom is -0.454 e. The average Bonchev–Trinajstić information content (AvgIpc) is 3.63. The van der Waals surface area contributed by atoms with Gasteiger partial charge >= 0.3 is 0 Å². The fourth-order valence-electron chi connectivity index (χ4n) is 7.73. The molecule has 0 saturated heterocycles. The zero-order chi connectivity index (χ0) is 36.6. The summed E-state index contributed by atoms with van der Waals surface area (Å²) in [6, 6.07) is 70.7. The molecule has 0 N–H and O–H groups in total. The fourth-order valence-corrected chi connectivity index (χ4v) is 7.73. The largest absolute Gasteiger partial charge is 0.454 e. The summed E-state index contributed by atoms with van der Waals surface area (Å²) >= 11 is 0. The van der Waals surface area contributed by atoms with E-state index < -0.39 is 0 Å². The van der Waals surface area contributed by atoms with E-state index in [1.54, 1.807) is 0 Å². The van der Waals surface area contributed by atoms with Crippen molar-refractivity contribution in [1.29, 1.82) is 0 Å². The van der Waals surface area contributed by atoms with E-state index in [1.807, 2.05) is 18.5 Å². The molecule has 0 aliphatic carbocycles. The maximum atomic E-state index is 7.10. The Morgan fingerprint density at radius 1 is 0.400 bits per heavy atom. The molecule has 0 aliphatic heterocycles. The highest BCUT2D eigenvalue weighted by Gasteiger charge is 2.28. The van der Waals surface area contributed by atoms with Gasteiger partial charge in [0.15, 0.2) is 5.58 Å². The van der Waals surface area contributed by atoms with E-state index in [0.717, 1.165) is 83.5 Å². The monoisotopic (exact) mass is 705 g/mol. The molecule has 0 atom stereocenters. The predicted molar refractivity (Wildman–Crippen MR) is 229 cm³/mol. The van der Waals surface area contributed by atoms with Crippen LogP contribution in [0.15, 0.2) is 217 Å². The Labute approximate surface area is 319 Å². The van der Waals surface area contributed by atoms with Gasteiger partial charge < -0.3 is 14.2 Å². The summed E-state index contributed by atoms with van der Waals surface area (Å²) in [4.78, 5) is 9.15. The Kier molecular flexibility index (Phi) is 8.12. The maximum absolute atomic E-state index is 7.10. The first-order chi connectivity index (χ1) is 27.3. The molecule has 55 heavy (non-hydrogen) atoms. The van der Waals surface area contributed by atoms with Crippen LogP contribution in [0, 0.1) is 0 Å². The standard InChI is InChI=1S/C51H35N3O/c1-5-15-36(16-6-1)37-25-27-43(28-26-37)53(41-19-9-3-10-20-41)50-48(30-29-45-46-33-40-35-52-32-31-39(40)34-49(46)55-51(45)50)54(42-21-11-4-12-22-42)47-24-14-13-23-44(47)38-17-7-2-8-18-38/h1-35H. The van der Waals surface area contributed by atoms with E-state index in [4.69, 9.17) is 4.42 Å². The molecule has 260 valence electrons. The highest BCUT2D eigenvalue weighted by molar-refractivity contribution is 6.16. The molecule has 0 bridgehead atoms. The summed E-state index contributed by atoms with van der Waals surface area (Å²) in [5.41, 5.74) is 12.2. The number of fused-ring (bicyclic) bond motifs is 4. The number of nitrogens with zero attached hydrogens (tertiary/aromatic N) is 3. The fraction of sp³-hybridized carbons (Fsp3) is 0. The van der Waals surface area contributed by atoms with E-state index in [2.05, 4.69) is 209 Å². The van der Waals surface area contributed by atoms with Crippen LogP contribution in [0.1, 0.15) is 0 Å². The summed E-state index contributed by atoms with van der Waals surface area (Å²) in [5, 5.41) is 4.24. The number of hydrogen-bond acceptors (Lipinski definition) is 4. The van der Waals surface area contributed by atoms with Crippen molar-refractivity contribution < 1.29 is 4.42 Å². The third kappa shape index (κ3) is 5.87. The molecule has 4 nitrogen and oxygen atoms in total. The van der Waals surface area contributed by atoms with E-state index in [1.165, 1.54) is 5.56 Å². The minimum atomic E-state index is 0.796. The van der Waals surface area contributed by atoms with Crippen molar-refractivity contribution in [3.8, 4) is 22.3 Å². The topological polar surface area (TPSA) is 32.5 Å². The molecule has 2 aromatic heterocycles. The second kappa shape index (κ2) is 13.8. The van der Waals surface area contributed by atoms with Gasteiger partial charge in [0.25, 0.3) is 0 Å². The van der Waals surface area contributed by atoms with Crippen LogP contribution in [0.5, 0.6) is 0 Å². The molecule has 4 heteroatoms. The lowest BCUT2D eigenvalue weighted by atomic mass is 10.0. The van der Waals surface area contributed by atoms with Crippen LogP contribution in [0.25, 0.3) is 55.0 Å². The van der Waals surface area contributed by atoms with Crippen molar-refractivity contribution in [3.05, 3.63) is 213 Å². The Hall–Kier alpha value is -7.43. The quantitative estimate of drug-likeness (QED) is 0.158. The molecular weight excluding hydrogens is 671 g/mol. The molecule has 8 aromatic carbocycles. The predicted octanol–water partition coefficient (Wildman–Crippen LogP) is 14.4. The van der Waals surface area contributed by atoms with E-state index in [-0.39, 0.29) is 0 Å². The number of rotatable bonds is 8. The lowest BCUT2D eigenvalue weighted by Crippen LogP contribution is -2.17. The van der Waals surface area contributed by atoms with Gasteiger partial charge in [-0.3, -0.25) is 4.98 Å². The van der Waals surface area contributed by atoms with Gasteiger partial charge in [0.05, 0.1) is 11.4 Å². The highest BCUT2D eigenvalue weighted by atomic mass is 16.3. The molecule has 0 radical (unpaired) electrons. The number of hydrogen-bond donors (Lipinski definition) is 0. The second-order valence-corrected chi connectivity index (χ2v) is 13.6. The summed E-state index contributed by atoms with van der Waals surface area (Å²) in [6.45, 7) is 0. The van der Waals surface area contributed by atoms with Crippen LogP contribution in [-0.4, -0.2) is 4.98 Å². The molecule has 0 amide bonds. The Morgan fingerprint density at radius 2 is 0.982 bits per heavy atom. The maximum Gasteiger partial charge on any atom is 0.161 e. The van der Waals surface area contributed by atoms with Gasteiger partial charge in [-0.1, -0.05) is 127 Å². The molecule has 2 heterocycles. The number of pyridine rings is 1. The minimum absolute atomic E-state index is 0.796. The van der Waals surface area contributed by atoms with Gasteiger partial charge in [-0.2, -0.15) is 0 Å². The first kappa shape index (κ1) is 32.2.